The Kier molecular flexibility index (Phi) is 2.76. The van der Waals surface area contributed by atoms with Gasteiger partial charge in [0.1, 0.15) is 11.5 Å². The van der Waals surface area contributed by atoms with Crippen LogP contribution in [0.25, 0.3) is 6.08 Å². The first kappa shape index (κ1) is 10.9. The van der Waals surface area contributed by atoms with E-state index in [-0.39, 0.29) is 5.75 Å². The van der Waals surface area contributed by atoms with E-state index in [1.807, 2.05) is 6.20 Å². The highest BCUT2D eigenvalue weighted by Gasteiger charge is 2.11. The van der Waals surface area contributed by atoms with Crippen LogP contribution in [0.2, 0.25) is 0 Å². The molecule has 2 N–H and O–H groups in total. The highest BCUT2D eigenvalue weighted by Crippen LogP contribution is 2.29. The second kappa shape index (κ2) is 4.56. The van der Waals surface area contributed by atoms with E-state index in [0.29, 0.717) is 6.61 Å². The molecule has 4 heteroatoms. The topological polar surface area (TPSA) is 58.1 Å². The third kappa shape index (κ3) is 2.22. The molecule has 2 aromatic rings. The second-order valence-electron chi connectivity index (χ2n) is 4.38. The molecule has 2 heterocycles. The van der Waals surface area contributed by atoms with E-state index in [4.69, 9.17) is 4.74 Å². The summed E-state index contributed by atoms with van der Waals surface area (Å²) in [5, 5.41) is 9.52. The molecule has 1 aromatic heterocycles. The first-order chi connectivity index (χ1) is 8.81. The van der Waals surface area contributed by atoms with E-state index in [0.717, 1.165) is 29.8 Å². The van der Waals surface area contributed by atoms with E-state index in [9.17, 15) is 5.11 Å². The van der Waals surface area contributed by atoms with Crippen molar-refractivity contribution in [1.29, 1.82) is 0 Å². The summed E-state index contributed by atoms with van der Waals surface area (Å²) in [5.41, 5.74) is 3.29. The highest BCUT2D eigenvalue weighted by molar-refractivity contribution is 5.62. The standard InChI is InChI=1S/C14H14N2O2/c17-13-1-2-14-11(7-13)5-10(3-4-18-14)6-12-8-15-9-16-12/h1-2,5,7-9,17H,3-4,6H2,(H,15,16). The quantitative estimate of drug-likeness (QED) is 0.850. The smallest absolute Gasteiger partial charge is 0.126 e. The van der Waals surface area contributed by atoms with Gasteiger partial charge in [0, 0.05) is 30.3 Å². The van der Waals surface area contributed by atoms with Crippen molar-refractivity contribution in [3.8, 4) is 11.5 Å². The molecule has 0 saturated carbocycles. The van der Waals surface area contributed by atoms with E-state index in [2.05, 4.69) is 16.0 Å². The zero-order valence-electron chi connectivity index (χ0n) is 9.89. The molecule has 0 unspecified atom stereocenters. The molecule has 18 heavy (non-hydrogen) atoms. The number of fused-ring (bicyclic) bond motifs is 1. The molecule has 3 rings (SSSR count). The third-order valence-electron chi connectivity index (χ3n) is 3.01. The van der Waals surface area contributed by atoms with Gasteiger partial charge in [0.15, 0.2) is 0 Å². The SMILES string of the molecule is Oc1ccc2c(c1)C=C(Cc1cnc[nH]1)CCO2. The fourth-order valence-electron chi connectivity index (χ4n) is 2.13. The van der Waals surface area contributed by atoms with E-state index in [1.165, 1.54) is 5.57 Å². The lowest BCUT2D eigenvalue weighted by Crippen LogP contribution is -1.98. The van der Waals surface area contributed by atoms with Gasteiger partial charge in [0.25, 0.3) is 0 Å². The molecule has 1 aliphatic heterocycles. The fraction of sp³-hybridized carbons (Fsp3) is 0.214. The van der Waals surface area contributed by atoms with Gasteiger partial charge in [-0.1, -0.05) is 11.6 Å². The molecular formula is C14H14N2O2. The minimum Gasteiger partial charge on any atom is -0.508 e. The number of nitrogens with zero attached hydrogens (tertiary/aromatic N) is 1. The van der Waals surface area contributed by atoms with Crippen LogP contribution in [-0.4, -0.2) is 21.7 Å². The van der Waals surface area contributed by atoms with Gasteiger partial charge in [0.05, 0.1) is 12.9 Å². The fourth-order valence-corrected chi connectivity index (χ4v) is 2.13. The average Bonchev–Trinajstić information content (AvgIpc) is 2.76. The van der Waals surface area contributed by atoms with Crippen LogP contribution in [0.1, 0.15) is 17.7 Å². The maximum absolute atomic E-state index is 9.52. The van der Waals surface area contributed by atoms with Crippen LogP contribution in [0.5, 0.6) is 11.5 Å². The number of nitrogens with one attached hydrogen (secondary N) is 1. The van der Waals surface area contributed by atoms with Gasteiger partial charge < -0.3 is 14.8 Å². The third-order valence-corrected chi connectivity index (χ3v) is 3.01. The number of imidazole rings is 1. The molecule has 0 fully saturated rings. The second-order valence-corrected chi connectivity index (χ2v) is 4.38. The lowest BCUT2D eigenvalue weighted by atomic mass is 10.0. The molecule has 1 aliphatic rings. The van der Waals surface area contributed by atoms with Crippen LogP contribution in [-0.2, 0) is 6.42 Å². The minimum absolute atomic E-state index is 0.261. The number of phenolic OH excluding ortho intramolecular Hbond substituents is 1. The molecule has 0 radical (unpaired) electrons. The number of benzene rings is 1. The summed E-state index contributed by atoms with van der Waals surface area (Å²) in [4.78, 5) is 7.11. The Morgan fingerprint density at radius 1 is 1.39 bits per heavy atom. The normalized spacial score (nSPS) is 14.3. The van der Waals surface area contributed by atoms with E-state index in [1.54, 1.807) is 24.5 Å². The zero-order chi connectivity index (χ0) is 12.4. The number of aromatic hydroxyl groups is 1. The molecule has 1 aromatic carbocycles. The first-order valence-electron chi connectivity index (χ1n) is 5.94. The molecule has 92 valence electrons. The van der Waals surface area contributed by atoms with Gasteiger partial charge in [-0.15, -0.1) is 0 Å². The number of hydrogen-bond donors (Lipinski definition) is 2. The summed E-state index contributed by atoms with van der Waals surface area (Å²) in [6.07, 6.45) is 7.31. The molecular weight excluding hydrogens is 228 g/mol. The average molecular weight is 242 g/mol. The Balaban J connectivity index is 1.91. The lowest BCUT2D eigenvalue weighted by Gasteiger charge is -2.05. The van der Waals surface area contributed by atoms with Crippen LogP contribution in [0.3, 0.4) is 0 Å². The largest absolute Gasteiger partial charge is 0.508 e. The van der Waals surface area contributed by atoms with Crippen molar-refractivity contribution < 1.29 is 9.84 Å². The van der Waals surface area contributed by atoms with Crippen molar-refractivity contribution >= 4 is 6.08 Å². The number of H-pyrrole nitrogens is 1. The van der Waals surface area contributed by atoms with Crippen LogP contribution < -0.4 is 4.74 Å². The van der Waals surface area contributed by atoms with Gasteiger partial charge >= 0.3 is 0 Å². The van der Waals surface area contributed by atoms with Crippen molar-refractivity contribution in [2.45, 2.75) is 12.8 Å². The van der Waals surface area contributed by atoms with E-state index >= 15 is 0 Å². The monoisotopic (exact) mass is 242 g/mol. The first-order valence-corrected chi connectivity index (χ1v) is 5.94. The predicted molar refractivity (Wildman–Crippen MR) is 68.5 cm³/mol. The number of phenols is 1. The summed E-state index contributed by atoms with van der Waals surface area (Å²) in [5.74, 6) is 1.09. The Morgan fingerprint density at radius 3 is 3.17 bits per heavy atom. The number of rotatable bonds is 2. The Labute approximate surface area is 105 Å². The summed E-state index contributed by atoms with van der Waals surface area (Å²) in [6.45, 7) is 0.664. The highest BCUT2D eigenvalue weighted by atomic mass is 16.5. The maximum Gasteiger partial charge on any atom is 0.126 e. The Morgan fingerprint density at radius 2 is 2.33 bits per heavy atom. The summed E-state index contributed by atoms with van der Waals surface area (Å²) >= 11 is 0. The molecule has 0 atom stereocenters. The van der Waals surface area contributed by atoms with Gasteiger partial charge in [-0.2, -0.15) is 0 Å². The summed E-state index contributed by atoms with van der Waals surface area (Å²) < 4.78 is 5.66. The number of hydrogen-bond acceptors (Lipinski definition) is 3. The number of ether oxygens (including phenoxy) is 1. The number of aromatic amines is 1. The summed E-state index contributed by atoms with van der Waals surface area (Å²) in [7, 11) is 0. The van der Waals surface area contributed by atoms with Gasteiger partial charge in [0.2, 0.25) is 0 Å². The predicted octanol–water partition coefficient (Wildman–Crippen LogP) is 2.52. The molecule has 0 spiro atoms. The van der Waals surface area contributed by atoms with Crippen molar-refractivity contribution in [1.82, 2.24) is 9.97 Å². The molecule has 0 bridgehead atoms. The van der Waals surface area contributed by atoms with Gasteiger partial charge in [-0.05, 0) is 18.2 Å². The van der Waals surface area contributed by atoms with Crippen molar-refractivity contribution in [2.75, 3.05) is 6.61 Å². The van der Waals surface area contributed by atoms with Crippen LogP contribution in [0.4, 0.5) is 0 Å². The van der Waals surface area contributed by atoms with Gasteiger partial charge in [-0.3, -0.25) is 0 Å². The number of aromatic nitrogens is 2. The summed E-state index contributed by atoms with van der Waals surface area (Å²) in [6, 6.07) is 5.18. The lowest BCUT2D eigenvalue weighted by molar-refractivity contribution is 0.322. The molecule has 4 nitrogen and oxygen atoms in total. The van der Waals surface area contributed by atoms with Crippen molar-refractivity contribution in [2.24, 2.45) is 0 Å². The Bertz CT molecular complexity index is 573. The molecule has 0 saturated heterocycles. The molecule has 0 amide bonds. The molecule has 0 aliphatic carbocycles. The minimum atomic E-state index is 0.261. The van der Waals surface area contributed by atoms with Crippen molar-refractivity contribution in [3.05, 3.63) is 47.6 Å². The van der Waals surface area contributed by atoms with E-state index < -0.39 is 0 Å². The van der Waals surface area contributed by atoms with Crippen LogP contribution in [0, 0.1) is 0 Å². The maximum atomic E-state index is 9.52. The van der Waals surface area contributed by atoms with Crippen LogP contribution in [0.15, 0.2) is 36.3 Å². The van der Waals surface area contributed by atoms with Gasteiger partial charge in [-0.25, -0.2) is 4.98 Å². The van der Waals surface area contributed by atoms with Crippen molar-refractivity contribution in [3.63, 3.8) is 0 Å². The Hall–Kier alpha value is -2.23. The zero-order valence-corrected chi connectivity index (χ0v) is 9.89. The van der Waals surface area contributed by atoms with Crippen LogP contribution >= 0.6 is 0 Å².